The van der Waals surface area contributed by atoms with Gasteiger partial charge in [0.05, 0.1) is 31.6 Å². The number of hydrogen-bond acceptors (Lipinski definition) is 6. The average molecular weight is 431 g/mol. The van der Waals surface area contributed by atoms with Crippen LogP contribution in [0.1, 0.15) is 23.7 Å². The van der Waals surface area contributed by atoms with Crippen LogP contribution in [0.25, 0.3) is 16.9 Å². The number of carbonyl (C=O) groups is 1. The molecular formula is C24H25N5O3. The van der Waals surface area contributed by atoms with Gasteiger partial charge in [-0.1, -0.05) is 19.1 Å². The molecule has 2 heterocycles. The largest absolute Gasteiger partial charge is 0.497 e. The molecule has 0 aliphatic heterocycles. The van der Waals surface area contributed by atoms with Crippen molar-refractivity contribution in [2.75, 3.05) is 24.4 Å². The molecule has 2 aromatic carbocycles. The molecule has 0 fully saturated rings. The van der Waals surface area contributed by atoms with E-state index in [4.69, 9.17) is 4.74 Å². The molecule has 0 aliphatic rings. The van der Waals surface area contributed by atoms with Crippen molar-refractivity contribution >= 4 is 23.1 Å². The highest BCUT2D eigenvalue weighted by Gasteiger charge is 2.12. The van der Waals surface area contributed by atoms with Gasteiger partial charge in [0, 0.05) is 16.8 Å². The molecule has 1 unspecified atom stereocenters. The fourth-order valence-electron chi connectivity index (χ4n) is 3.30. The number of methoxy groups -OCH3 is 1. The lowest BCUT2D eigenvalue weighted by atomic mass is 10.1. The third-order valence-corrected chi connectivity index (χ3v) is 5.22. The third-order valence-electron chi connectivity index (χ3n) is 5.22. The minimum Gasteiger partial charge on any atom is -0.497 e. The molecule has 1 atom stereocenters. The van der Waals surface area contributed by atoms with Gasteiger partial charge in [-0.15, -0.1) is 5.10 Å². The van der Waals surface area contributed by atoms with Crippen LogP contribution in [0.15, 0.2) is 66.9 Å². The monoisotopic (exact) mass is 431 g/mol. The molecule has 4 rings (SSSR count). The van der Waals surface area contributed by atoms with Gasteiger partial charge in [0.1, 0.15) is 11.6 Å². The second-order valence-electron chi connectivity index (χ2n) is 7.32. The molecule has 4 aromatic rings. The average Bonchev–Trinajstić information content (AvgIpc) is 3.26. The number of aliphatic hydroxyl groups excluding tert-OH is 1. The summed E-state index contributed by atoms with van der Waals surface area (Å²) in [5.74, 6) is 1.20. The number of ether oxygens (including phenoxy) is 1. The van der Waals surface area contributed by atoms with E-state index in [1.165, 1.54) is 0 Å². The number of amides is 1. The van der Waals surface area contributed by atoms with Crippen molar-refractivity contribution in [1.29, 1.82) is 0 Å². The predicted octanol–water partition coefficient (Wildman–Crippen LogP) is 3.84. The Balaban J connectivity index is 1.53. The lowest BCUT2D eigenvalue weighted by Crippen LogP contribution is -2.23. The SMILES string of the molecule is CCC(CO)Nc1ccc2ncc(-c3ccc(C(=O)Nc4ccc(OC)cc4)cc3)n2n1. The molecule has 164 valence electrons. The summed E-state index contributed by atoms with van der Waals surface area (Å²) in [6.07, 6.45) is 2.54. The van der Waals surface area contributed by atoms with Gasteiger partial charge in [-0.25, -0.2) is 9.50 Å². The van der Waals surface area contributed by atoms with E-state index in [0.717, 1.165) is 23.4 Å². The van der Waals surface area contributed by atoms with Crippen molar-refractivity contribution < 1.29 is 14.6 Å². The summed E-state index contributed by atoms with van der Waals surface area (Å²) in [7, 11) is 1.60. The quantitative estimate of drug-likeness (QED) is 0.392. The Morgan fingerprint density at radius 3 is 2.50 bits per heavy atom. The first-order chi connectivity index (χ1) is 15.6. The Hall–Kier alpha value is -3.91. The molecule has 1 amide bonds. The number of fused-ring (bicyclic) bond motifs is 1. The second kappa shape index (κ2) is 9.49. The summed E-state index contributed by atoms with van der Waals surface area (Å²) in [6.45, 7) is 2.04. The van der Waals surface area contributed by atoms with Gasteiger partial charge in [0.2, 0.25) is 0 Å². The maximum Gasteiger partial charge on any atom is 0.255 e. The minimum atomic E-state index is -0.195. The summed E-state index contributed by atoms with van der Waals surface area (Å²) in [5.41, 5.74) is 3.64. The van der Waals surface area contributed by atoms with Gasteiger partial charge in [0.15, 0.2) is 5.65 Å². The molecule has 0 saturated carbocycles. The lowest BCUT2D eigenvalue weighted by molar-refractivity contribution is 0.102. The van der Waals surface area contributed by atoms with Gasteiger partial charge in [-0.05, 0) is 55.0 Å². The first-order valence-electron chi connectivity index (χ1n) is 10.4. The van der Waals surface area contributed by atoms with Crippen LogP contribution in [0.4, 0.5) is 11.5 Å². The Bertz CT molecular complexity index is 1200. The van der Waals surface area contributed by atoms with Crippen LogP contribution in [0, 0.1) is 0 Å². The number of carbonyl (C=O) groups excluding carboxylic acids is 1. The summed E-state index contributed by atoms with van der Waals surface area (Å²) in [4.78, 5) is 17.0. The number of nitrogens with zero attached hydrogens (tertiary/aromatic N) is 3. The Kier molecular flexibility index (Phi) is 6.32. The van der Waals surface area contributed by atoms with Crippen LogP contribution in [-0.4, -0.2) is 45.4 Å². The van der Waals surface area contributed by atoms with E-state index in [1.807, 2.05) is 31.2 Å². The van der Waals surface area contributed by atoms with Crippen molar-refractivity contribution in [3.05, 3.63) is 72.4 Å². The van der Waals surface area contributed by atoms with Crippen molar-refractivity contribution in [2.45, 2.75) is 19.4 Å². The molecule has 8 heteroatoms. The number of rotatable bonds is 8. The lowest BCUT2D eigenvalue weighted by Gasteiger charge is -2.14. The maximum atomic E-state index is 12.6. The second-order valence-corrected chi connectivity index (χ2v) is 7.32. The van der Waals surface area contributed by atoms with E-state index >= 15 is 0 Å². The Morgan fingerprint density at radius 2 is 1.84 bits per heavy atom. The van der Waals surface area contributed by atoms with E-state index in [0.29, 0.717) is 22.7 Å². The number of aromatic nitrogens is 3. The fraction of sp³-hybridized carbons (Fsp3) is 0.208. The first kappa shape index (κ1) is 21.3. The standard InChI is InChI=1S/C24H25N5O3/c1-3-18(15-30)26-22-12-13-23-25-14-21(29(23)28-22)16-4-6-17(7-5-16)24(31)27-19-8-10-20(32-2)11-9-19/h4-14,18,30H,3,15H2,1-2H3,(H,26,28)(H,27,31). The van der Waals surface area contributed by atoms with E-state index in [-0.39, 0.29) is 18.6 Å². The zero-order valence-electron chi connectivity index (χ0n) is 17.9. The molecular weight excluding hydrogens is 406 g/mol. The van der Waals surface area contributed by atoms with Crippen LogP contribution in [0.5, 0.6) is 5.75 Å². The topological polar surface area (TPSA) is 101 Å². The first-order valence-corrected chi connectivity index (χ1v) is 10.4. The van der Waals surface area contributed by atoms with Crippen LogP contribution in [-0.2, 0) is 0 Å². The zero-order chi connectivity index (χ0) is 22.5. The van der Waals surface area contributed by atoms with E-state index in [2.05, 4.69) is 20.7 Å². The highest BCUT2D eigenvalue weighted by Crippen LogP contribution is 2.22. The predicted molar refractivity (Wildman–Crippen MR) is 124 cm³/mol. The number of nitrogens with one attached hydrogen (secondary N) is 2. The molecule has 0 radical (unpaired) electrons. The van der Waals surface area contributed by atoms with Gasteiger partial charge in [0.25, 0.3) is 5.91 Å². The number of aliphatic hydroxyl groups is 1. The third kappa shape index (κ3) is 4.55. The summed E-state index contributed by atoms with van der Waals surface area (Å²) in [6, 6.07) is 18.1. The smallest absolute Gasteiger partial charge is 0.255 e. The van der Waals surface area contributed by atoms with Crippen molar-refractivity contribution in [3.63, 3.8) is 0 Å². The summed E-state index contributed by atoms with van der Waals surface area (Å²) >= 11 is 0. The molecule has 8 nitrogen and oxygen atoms in total. The van der Waals surface area contributed by atoms with Crippen molar-refractivity contribution in [2.24, 2.45) is 0 Å². The summed E-state index contributed by atoms with van der Waals surface area (Å²) in [5, 5.41) is 20.1. The van der Waals surface area contributed by atoms with Crippen molar-refractivity contribution in [1.82, 2.24) is 14.6 Å². The van der Waals surface area contributed by atoms with Gasteiger partial charge in [-0.3, -0.25) is 4.79 Å². The molecule has 0 spiro atoms. The number of hydrogen-bond donors (Lipinski definition) is 3. The number of imidazole rings is 1. The number of benzene rings is 2. The zero-order valence-corrected chi connectivity index (χ0v) is 17.9. The van der Waals surface area contributed by atoms with Crippen molar-refractivity contribution in [3.8, 4) is 17.0 Å². The number of anilines is 2. The Morgan fingerprint density at radius 1 is 1.09 bits per heavy atom. The molecule has 0 aliphatic carbocycles. The molecule has 32 heavy (non-hydrogen) atoms. The molecule has 0 bridgehead atoms. The summed E-state index contributed by atoms with van der Waals surface area (Å²) < 4.78 is 6.88. The van der Waals surface area contributed by atoms with Crippen LogP contribution in [0.2, 0.25) is 0 Å². The fourth-order valence-corrected chi connectivity index (χ4v) is 3.30. The van der Waals surface area contributed by atoms with Crippen LogP contribution >= 0.6 is 0 Å². The molecule has 2 aromatic heterocycles. The van der Waals surface area contributed by atoms with Gasteiger partial charge in [-0.2, -0.15) is 0 Å². The molecule has 3 N–H and O–H groups in total. The van der Waals surface area contributed by atoms with E-state index < -0.39 is 0 Å². The van der Waals surface area contributed by atoms with Crippen LogP contribution in [0.3, 0.4) is 0 Å². The highest BCUT2D eigenvalue weighted by molar-refractivity contribution is 6.04. The minimum absolute atomic E-state index is 0.0348. The maximum absolute atomic E-state index is 12.6. The van der Waals surface area contributed by atoms with E-state index in [9.17, 15) is 9.90 Å². The van der Waals surface area contributed by atoms with Gasteiger partial charge >= 0.3 is 0 Å². The van der Waals surface area contributed by atoms with Crippen LogP contribution < -0.4 is 15.4 Å². The van der Waals surface area contributed by atoms with E-state index in [1.54, 1.807) is 54.2 Å². The highest BCUT2D eigenvalue weighted by atomic mass is 16.5. The normalized spacial score (nSPS) is 11.8. The molecule has 0 saturated heterocycles. The Labute approximate surface area is 185 Å². The van der Waals surface area contributed by atoms with Gasteiger partial charge < -0.3 is 20.5 Å².